The van der Waals surface area contributed by atoms with Crippen LogP contribution in [0, 0.1) is 16.7 Å². The number of anilines is 2. The van der Waals surface area contributed by atoms with Gasteiger partial charge in [0.1, 0.15) is 11.5 Å². The van der Waals surface area contributed by atoms with Gasteiger partial charge in [-0.05, 0) is 43.0 Å². The maximum Gasteiger partial charge on any atom is 0.240 e. The van der Waals surface area contributed by atoms with E-state index < -0.39 is 5.41 Å². The molecule has 2 aromatic rings. The van der Waals surface area contributed by atoms with Crippen molar-refractivity contribution in [3.05, 3.63) is 59.7 Å². The van der Waals surface area contributed by atoms with Crippen molar-refractivity contribution in [2.45, 2.75) is 26.2 Å². The number of aryl methyl sites for hydroxylation is 1. The molecule has 2 N–H and O–H groups in total. The van der Waals surface area contributed by atoms with Crippen LogP contribution in [0.25, 0.3) is 0 Å². The van der Waals surface area contributed by atoms with Crippen molar-refractivity contribution in [1.82, 2.24) is 0 Å². The number of nitriles is 1. The fourth-order valence-corrected chi connectivity index (χ4v) is 2.81. The molecule has 0 unspecified atom stereocenters. The molecule has 2 aromatic carbocycles. The first-order valence-corrected chi connectivity index (χ1v) is 8.30. The number of carbonyl (C=O) groups is 2. The fraction of sp³-hybridized carbons (Fsp3) is 0.250. The molecule has 0 atom stereocenters. The lowest BCUT2D eigenvalue weighted by Gasteiger charge is -2.17. The average Bonchev–Trinajstić information content (AvgIpc) is 3.44. The SMILES string of the molecule is CCc1ccccc1NC(=O)C1(C(=O)Nc2ccccc2C#N)CC1. The summed E-state index contributed by atoms with van der Waals surface area (Å²) < 4.78 is 0. The molecule has 1 aliphatic rings. The van der Waals surface area contributed by atoms with Crippen molar-refractivity contribution in [2.75, 3.05) is 10.6 Å². The van der Waals surface area contributed by atoms with Crippen LogP contribution in [0.15, 0.2) is 48.5 Å². The van der Waals surface area contributed by atoms with Crippen LogP contribution in [-0.2, 0) is 16.0 Å². The molecule has 0 aromatic heterocycles. The minimum Gasteiger partial charge on any atom is -0.325 e. The van der Waals surface area contributed by atoms with Gasteiger partial charge in [-0.25, -0.2) is 0 Å². The molecule has 0 bridgehead atoms. The summed E-state index contributed by atoms with van der Waals surface area (Å²) in [5, 5.41) is 14.8. The van der Waals surface area contributed by atoms with Gasteiger partial charge in [0.2, 0.25) is 11.8 Å². The third kappa shape index (κ3) is 3.24. The van der Waals surface area contributed by atoms with Gasteiger partial charge in [0.25, 0.3) is 0 Å². The predicted octanol–water partition coefficient (Wildman–Crippen LogP) is 3.48. The molecule has 25 heavy (non-hydrogen) atoms. The number of hydrogen-bond acceptors (Lipinski definition) is 3. The Labute approximate surface area is 146 Å². The van der Waals surface area contributed by atoms with Gasteiger partial charge in [-0.2, -0.15) is 5.26 Å². The molecule has 1 saturated carbocycles. The number of nitrogens with zero attached hydrogens (tertiary/aromatic N) is 1. The highest BCUT2D eigenvalue weighted by molar-refractivity contribution is 6.17. The van der Waals surface area contributed by atoms with Crippen molar-refractivity contribution in [2.24, 2.45) is 5.41 Å². The highest BCUT2D eigenvalue weighted by atomic mass is 16.2. The molecule has 5 heteroatoms. The van der Waals surface area contributed by atoms with Crippen LogP contribution >= 0.6 is 0 Å². The van der Waals surface area contributed by atoms with E-state index in [9.17, 15) is 9.59 Å². The zero-order chi connectivity index (χ0) is 17.9. The summed E-state index contributed by atoms with van der Waals surface area (Å²) in [5.41, 5.74) is 1.53. The first kappa shape index (κ1) is 16.7. The highest BCUT2D eigenvalue weighted by Crippen LogP contribution is 2.47. The summed E-state index contributed by atoms with van der Waals surface area (Å²) in [7, 11) is 0. The van der Waals surface area contributed by atoms with E-state index >= 15 is 0 Å². The lowest BCUT2D eigenvalue weighted by Crippen LogP contribution is -2.36. The van der Waals surface area contributed by atoms with Gasteiger partial charge < -0.3 is 10.6 Å². The monoisotopic (exact) mass is 333 g/mol. The molecule has 0 spiro atoms. The van der Waals surface area contributed by atoms with Crippen LogP contribution in [0.1, 0.15) is 30.9 Å². The van der Waals surface area contributed by atoms with E-state index in [4.69, 9.17) is 5.26 Å². The largest absolute Gasteiger partial charge is 0.325 e. The average molecular weight is 333 g/mol. The van der Waals surface area contributed by atoms with E-state index in [2.05, 4.69) is 10.6 Å². The topological polar surface area (TPSA) is 82.0 Å². The van der Waals surface area contributed by atoms with Gasteiger partial charge in [-0.1, -0.05) is 37.3 Å². The first-order chi connectivity index (χ1) is 12.1. The molecule has 0 saturated heterocycles. The number of amides is 2. The smallest absolute Gasteiger partial charge is 0.240 e. The molecule has 0 heterocycles. The molecule has 126 valence electrons. The van der Waals surface area contributed by atoms with Crippen LogP contribution in [0.3, 0.4) is 0 Å². The van der Waals surface area contributed by atoms with E-state index in [1.165, 1.54) is 0 Å². The second kappa shape index (κ2) is 6.78. The Balaban J connectivity index is 1.76. The number of rotatable bonds is 5. The molecular formula is C20H19N3O2. The van der Waals surface area contributed by atoms with Crippen molar-refractivity contribution >= 4 is 23.2 Å². The Kier molecular flexibility index (Phi) is 4.53. The molecule has 5 nitrogen and oxygen atoms in total. The minimum absolute atomic E-state index is 0.291. The fourth-order valence-electron chi connectivity index (χ4n) is 2.81. The minimum atomic E-state index is -1.05. The summed E-state index contributed by atoms with van der Waals surface area (Å²) in [5.74, 6) is -0.651. The van der Waals surface area contributed by atoms with Gasteiger partial charge in [0.15, 0.2) is 0 Å². The summed E-state index contributed by atoms with van der Waals surface area (Å²) in [4.78, 5) is 25.4. The number of hydrogen-bond donors (Lipinski definition) is 2. The van der Waals surface area contributed by atoms with Gasteiger partial charge in [-0.15, -0.1) is 0 Å². The van der Waals surface area contributed by atoms with Crippen molar-refractivity contribution in [3.63, 3.8) is 0 Å². The second-order valence-corrected chi connectivity index (χ2v) is 6.16. The Bertz CT molecular complexity index is 863. The van der Waals surface area contributed by atoms with E-state index in [-0.39, 0.29) is 11.8 Å². The van der Waals surface area contributed by atoms with Gasteiger partial charge in [0, 0.05) is 5.69 Å². The summed E-state index contributed by atoms with van der Waals surface area (Å²) in [6.45, 7) is 2.02. The standard InChI is InChI=1S/C20H19N3O2/c1-2-14-7-3-5-9-16(14)22-18(24)20(11-12-20)19(25)23-17-10-6-4-8-15(17)13-21/h3-10H,2,11-12H2,1H3,(H,22,24)(H,23,25). The Morgan fingerprint density at radius 3 is 2.16 bits per heavy atom. The zero-order valence-corrected chi connectivity index (χ0v) is 14.0. The first-order valence-electron chi connectivity index (χ1n) is 8.30. The second-order valence-electron chi connectivity index (χ2n) is 6.16. The van der Waals surface area contributed by atoms with Crippen LogP contribution in [0.4, 0.5) is 11.4 Å². The van der Waals surface area contributed by atoms with Crippen LogP contribution in [-0.4, -0.2) is 11.8 Å². The summed E-state index contributed by atoms with van der Waals surface area (Å²) >= 11 is 0. The van der Waals surface area contributed by atoms with Crippen LogP contribution in [0.5, 0.6) is 0 Å². The van der Waals surface area contributed by atoms with Crippen molar-refractivity contribution in [3.8, 4) is 6.07 Å². The van der Waals surface area contributed by atoms with E-state index in [0.29, 0.717) is 24.1 Å². The van der Waals surface area contributed by atoms with Gasteiger partial charge in [0.05, 0.1) is 11.3 Å². The normalized spacial score (nSPS) is 14.2. The van der Waals surface area contributed by atoms with E-state index in [0.717, 1.165) is 17.7 Å². The molecule has 1 fully saturated rings. The van der Waals surface area contributed by atoms with Gasteiger partial charge in [-0.3, -0.25) is 9.59 Å². The Morgan fingerprint density at radius 2 is 1.56 bits per heavy atom. The third-order valence-corrected chi connectivity index (χ3v) is 4.56. The summed E-state index contributed by atoms with van der Waals surface area (Å²) in [6.07, 6.45) is 1.81. The molecule has 0 radical (unpaired) electrons. The maximum absolute atomic E-state index is 12.7. The molecule has 2 amide bonds. The molecule has 1 aliphatic carbocycles. The van der Waals surface area contributed by atoms with E-state index in [1.807, 2.05) is 37.3 Å². The Morgan fingerprint density at radius 1 is 1.00 bits per heavy atom. The third-order valence-electron chi connectivity index (χ3n) is 4.56. The molecular weight excluding hydrogens is 314 g/mol. The van der Waals surface area contributed by atoms with Gasteiger partial charge >= 0.3 is 0 Å². The highest BCUT2D eigenvalue weighted by Gasteiger charge is 2.56. The lowest BCUT2D eigenvalue weighted by molar-refractivity contribution is -0.131. The zero-order valence-electron chi connectivity index (χ0n) is 14.0. The number of para-hydroxylation sites is 2. The summed E-state index contributed by atoms with van der Waals surface area (Å²) in [6, 6.07) is 16.4. The van der Waals surface area contributed by atoms with Crippen molar-refractivity contribution in [1.29, 1.82) is 5.26 Å². The molecule has 3 rings (SSSR count). The lowest BCUT2D eigenvalue weighted by atomic mass is 10.0. The quantitative estimate of drug-likeness (QED) is 0.822. The maximum atomic E-state index is 12.7. The Hall–Kier alpha value is -3.13. The number of benzene rings is 2. The van der Waals surface area contributed by atoms with E-state index in [1.54, 1.807) is 24.3 Å². The predicted molar refractivity (Wildman–Crippen MR) is 95.9 cm³/mol. The van der Waals surface area contributed by atoms with Crippen molar-refractivity contribution < 1.29 is 9.59 Å². The van der Waals surface area contributed by atoms with Crippen LogP contribution in [0.2, 0.25) is 0 Å². The number of nitrogens with one attached hydrogen (secondary N) is 2. The van der Waals surface area contributed by atoms with Crippen LogP contribution < -0.4 is 10.6 Å². The molecule has 0 aliphatic heterocycles. The number of carbonyl (C=O) groups excluding carboxylic acids is 2.